The fourth-order valence-corrected chi connectivity index (χ4v) is 2.09. The lowest BCUT2D eigenvalue weighted by Gasteiger charge is -2.26. The first-order chi connectivity index (χ1) is 8.08. The molecule has 0 aromatic heterocycles. The van der Waals surface area contributed by atoms with Crippen molar-refractivity contribution in [3.8, 4) is 0 Å². The Hall–Kier alpha value is -0.420. The van der Waals surface area contributed by atoms with E-state index in [1.165, 1.54) is 5.56 Å². The summed E-state index contributed by atoms with van der Waals surface area (Å²) in [6, 6.07) is 8.67. The minimum absolute atomic E-state index is 0.128. The van der Waals surface area contributed by atoms with Crippen molar-refractivity contribution in [2.24, 2.45) is 0 Å². The number of rotatable bonds is 6. The molecule has 0 saturated heterocycles. The minimum atomic E-state index is -0.229. The predicted molar refractivity (Wildman–Crippen MR) is 73.0 cm³/mol. The molecule has 1 rings (SSSR count). The number of ether oxygens (including phenoxy) is 2. The van der Waals surface area contributed by atoms with Crippen molar-refractivity contribution >= 4 is 15.9 Å². The Balaban J connectivity index is 2.59. The van der Waals surface area contributed by atoms with Crippen molar-refractivity contribution in [2.75, 3.05) is 14.2 Å². The molecule has 0 amide bonds. The number of benzene rings is 1. The third-order valence-corrected chi connectivity index (χ3v) is 3.28. The molecule has 0 aliphatic carbocycles. The van der Waals surface area contributed by atoms with E-state index in [0.717, 1.165) is 4.47 Å². The molecule has 0 bridgehead atoms. The van der Waals surface area contributed by atoms with Crippen LogP contribution in [0, 0.1) is 0 Å². The van der Waals surface area contributed by atoms with Gasteiger partial charge in [0, 0.05) is 24.7 Å². The zero-order chi connectivity index (χ0) is 12.8. The number of hydrogen-bond acceptors (Lipinski definition) is 3. The highest BCUT2D eigenvalue weighted by Gasteiger charge is 2.18. The Bertz CT molecular complexity index is 325. The SMILES string of the molecule is COC(OC)C(C)NC(C)c1ccc(Br)cc1. The van der Waals surface area contributed by atoms with Gasteiger partial charge in [0.25, 0.3) is 0 Å². The van der Waals surface area contributed by atoms with Gasteiger partial charge in [-0.15, -0.1) is 0 Å². The molecule has 0 aliphatic heterocycles. The van der Waals surface area contributed by atoms with E-state index in [4.69, 9.17) is 9.47 Å². The maximum atomic E-state index is 5.22. The van der Waals surface area contributed by atoms with Crippen LogP contribution in [0.5, 0.6) is 0 Å². The second kappa shape index (κ2) is 7.11. The topological polar surface area (TPSA) is 30.5 Å². The van der Waals surface area contributed by atoms with Crippen LogP contribution in [0.3, 0.4) is 0 Å². The number of halogens is 1. The first kappa shape index (κ1) is 14.6. The highest BCUT2D eigenvalue weighted by molar-refractivity contribution is 9.10. The van der Waals surface area contributed by atoms with E-state index < -0.39 is 0 Å². The maximum Gasteiger partial charge on any atom is 0.171 e. The standard InChI is InChI=1S/C13H20BrNO2/c1-9(11-5-7-12(14)8-6-11)15-10(2)13(16-3)17-4/h5-10,13,15H,1-4H3. The molecule has 4 heteroatoms. The van der Waals surface area contributed by atoms with Gasteiger partial charge in [0.2, 0.25) is 0 Å². The largest absolute Gasteiger partial charge is 0.354 e. The van der Waals surface area contributed by atoms with Gasteiger partial charge in [-0.1, -0.05) is 28.1 Å². The van der Waals surface area contributed by atoms with Crippen LogP contribution in [-0.2, 0) is 9.47 Å². The highest BCUT2D eigenvalue weighted by atomic mass is 79.9. The van der Waals surface area contributed by atoms with E-state index in [9.17, 15) is 0 Å². The van der Waals surface area contributed by atoms with Crippen LogP contribution in [0.25, 0.3) is 0 Å². The number of nitrogens with one attached hydrogen (secondary N) is 1. The van der Waals surface area contributed by atoms with Gasteiger partial charge in [-0.05, 0) is 31.5 Å². The molecule has 1 aromatic carbocycles. The van der Waals surface area contributed by atoms with Crippen molar-refractivity contribution in [3.63, 3.8) is 0 Å². The van der Waals surface area contributed by atoms with Crippen LogP contribution in [0.2, 0.25) is 0 Å². The Labute approximate surface area is 112 Å². The summed E-state index contributed by atoms with van der Waals surface area (Å²) in [7, 11) is 3.30. The summed E-state index contributed by atoms with van der Waals surface area (Å²) in [5, 5.41) is 3.45. The molecule has 3 nitrogen and oxygen atoms in total. The number of hydrogen-bond donors (Lipinski definition) is 1. The molecule has 0 radical (unpaired) electrons. The fourth-order valence-electron chi connectivity index (χ4n) is 1.83. The van der Waals surface area contributed by atoms with Crippen LogP contribution in [0.1, 0.15) is 25.5 Å². The van der Waals surface area contributed by atoms with Crippen molar-refractivity contribution < 1.29 is 9.47 Å². The summed E-state index contributed by atoms with van der Waals surface area (Å²) < 4.78 is 11.5. The van der Waals surface area contributed by atoms with Crippen LogP contribution in [0.4, 0.5) is 0 Å². The van der Waals surface area contributed by atoms with Crippen molar-refractivity contribution in [3.05, 3.63) is 34.3 Å². The first-order valence-electron chi connectivity index (χ1n) is 5.65. The molecule has 0 fully saturated rings. The smallest absolute Gasteiger partial charge is 0.171 e. The van der Waals surface area contributed by atoms with Crippen LogP contribution >= 0.6 is 15.9 Å². The van der Waals surface area contributed by atoms with Gasteiger partial charge in [-0.2, -0.15) is 0 Å². The Kier molecular flexibility index (Phi) is 6.12. The van der Waals surface area contributed by atoms with Gasteiger partial charge < -0.3 is 14.8 Å². The van der Waals surface area contributed by atoms with Crippen molar-refractivity contribution in [2.45, 2.75) is 32.2 Å². The van der Waals surface area contributed by atoms with Crippen LogP contribution in [0.15, 0.2) is 28.7 Å². The molecule has 0 heterocycles. The molecule has 0 saturated carbocycles. The van der Waals surface area contributed by atoms with Gasteiger partial charge in [0.15, 0.2) is 6.29 Å². The molecular formula is C13H20BrNO2. The Morgan fingerprint density at radius 3 is 2.06 bits per heavy atom. The third-order valence-electron chi connectivity index (χ3n) is 2.76. The summed E-state index contributed by atoms with van der Waals surface area (Å²) in [4.78, 5) is 0. The van der Waals surface area contributed by atoms with Crippen molar-refractivity contribution in [1.29, 1.82) is 0 Å². The van der Waals surface area contributed by atoms with E-state index in [2.05, 4.69) is 40.3 Å². The highest BCUT2D eigenvalue weighted by Crippen LogP contribution is 2.17. The molecule has 1 N–H and O–H groups in total. The first-order valence-corrected chi connectivity index (χ1v) is 6.45. The fraction of sp³-hybridized carbons (Fsp3) is 0.538. The zero-order valence-corrected chi connectivity index (χ0v) is 12.3. The van der Waals surface area contributed by atoms with E-state index in [0.29, 0.717) is 0 Å². The minimum Gasteiger partial charge on any atom is -0.354 e. The van der Waals surface area contributed by atoms with Gasteiger partial charge in [-0.3, -0.25) is 0 Å². The zero-order valence-electron chi connectivity index (χ0n) is 10.7. The summed E-state index contributed by atoms with van der Waals surface area (Å²) in [6.45, 7) is 4.18. The molecule has 1 aromatic rings. The molecule has 17 heavy (non-hydrogen) atoms. The molecule has 2 unspecified atom stereocenters. The summed E-state index contributed by atoms with van der Waals surface area (Å²) in [5.41, 5.74) is 1.24. The average Bonchev–Trinajstić information content (AvgIpc) is 2.31. The second-order valence-electron chi connectivity index (χ2n) is 4.07. The monoisotopic (exact) mass is 301 g/mol. The summed E-state index contributed by atoms with van der Waals surface area (Å²) in [6.07, 6.45) is -0.229. The Morgan fingerprint density at radius 2 is 1.59 bits per heavy atom. The van der Waals surface area contributed by atoms with Crippen LogP contribution in [-0.4, -0.2) is 26.6 Å². The molecule has 0 aliphatic rings. The van der Waals surface area contributed by atoms with E-state index in [1.54, 1.807) is 14.2 Å². The quantitative estimate of drug-likeness (QED) is 0.819. The van der Waals surface area contributed by atoms with Gasteiger partial charge in [-0.25, -0.2) is 0 Å². The third kappa shape index (κ3) is 4.39. The lowest BCUT2D eigenvalue weighted by atomic mass is 10.1. The molecule has 96 valence electrons. The lowest BCUT2D eigenvalue weighted by molar-refractivity contribution is -0.120. The Morgan fingerprint density at radius 1 is 1.06 bits per heavy atom. The average molecular weight is 302 g/mol. The van der Waals surface area contributed by atoms with E-state index in [-0.39, 0.29) is 18.4 Å². The second-order valence-corrected chi connectivity index (χ2v) is 4.98. The van der Waals surface area contributed by atoms with Crippen LogP contribution < -0.4 is 5.32 Å². The predicted octanol–water partition coefficient (Wildman–Crippen LogP) is 3.11. The summed E-state index contributed by atoms with van der Waals surface area (Å²) in [5.74, 6) is 0. The van der Waals surface area contributed by atoms with Gasteiger partial charge in [0.05, 0.1) is 6.04 Å². The lowest BCUT2D eigenvalue weighted by Crippen LogP contribution is -2.40. The van der Waals surface area contributed by atoms with E-state index >= 15 is 0 Å². The van der Waals surface area contributed by atoms with Gasteiger partial charge >= 0.3 is 0 Å². The normalized spacial score (nSPS) is 14.9. The van der Waals surface area contributed by atoms with Gasteiger partial charge in [0.1, 0.15) is 0 Å². The molecular weight excluding hydrogens is 282 g/mol. The molecule has 0 spiro atoms. The van der Waals surface area contributed by atoms with Crippen molar-refractivity contribution in [1.82, 2.24) is 5.32 Å². The summed E-state index contributed by atoms with van der Waals surface area (Å²) >= 11 is 3.43. The van der Waals surface area contributed by atoms with E-state index in [1.807, 2.05) is 19.1 Å². The molecule has 2 atom stereocenters. The number of methoxy groups -OCH3 is 2. The maximum absolute atomic E-state index is 5.22.